The van der Waals surface area contributed by atoms with Crippen molar-refractivity contribution < 1.29 is 37.9 Å². The van der Waals surface area contributed by atoms with Gasteiger partial charge in [-0.2, -0.15) is 0 Å². The van der Waals surface area contributed by atoms with Gasteiger partial charge in [0.25, 0.3) is 11.8 Å². The molecule has 0 spiro atoms. The quantitative estimate of drug-likeness (QED) is 0.117. The first-order chi connectivity index (χ1) is 22.5. The fourth-order valence-electron chi connectivity index (χ4n) is 5.31. The first-order valence-electron chi connectivity index (χ1n) is 15.9. The number of nitrogens with one attached hydrogen (secondary N) is 3. The molecule has 0 aromatic heterocycles. The Kier molecular flexibility index (Phi) is 12.3. The summed E-state index contributed by atoms with van der Waals surface area (Å²) in [6.07, 6.45) is 0.519. The van der Waals surface area contributed by atoms with Crippen LogP contribution in [-0.2, 0) is 23.9 Å². The van der Waals surface area contributed by atoms with E-state index in [2.05, 4.69) is 20.9 Å². The number of aromatic nitrogens is 1. The normalized spacial score (nSPS) is 12.6. The average molecular weight is 668 g/mol. The van der Waals surface area contributed by atoms with Crippen LogP contribution >= 0.6 is 0 Å². The van der Waals surface area contributed by atoms with Gasteiger partial charge in [0, 0.05) is 23.7 Å². The van der Waals surface area contributed by atoms with Crippen molar-refractivity contribution in [3.63, 3.8) is 0 Å². The molecular weight excluding hydrogens is 622 g/mol. The number of rotatable bonds is 13. The van der Waals surface area contributed by atoms with E-state index in [0.717, 1.165) is 0 Å². The Bertz CT molecular complexity index is 1760. The second-order valence-electron chi connectivity index (χ2n) is 12.4. The lowest BCUT2D eigenvalue weighted by Crippen LogP contribution is -2.43. The Morgan fingerprint density at radius 2 is 1.40 bits per heavy atom. The standard InChI is InChI=1S/C34H45N5O9/c1-10-46-33(44)22(12-15(3)4)37-31(42)20-14-21(36-19(9)40)17(7)29-26(20)39-27-24(25(35)28(41)18(8)30(27)48-29)32(43)38-23(13-16(5)6)34(45)47-11-2/h14-16,22-23H,10-13,35H2,1-9H3,(H,36,40)(H,37,42)(H,38,43). The minimum absolute atomic E-state index is 0.00469. The zero-order chi connectivity index (χ0) is 36.0. The fraction of sp³-hybridized carbons (Fsp3) is 0.500. The topological polar surface area (TPSA) is 209 Å². The molecule has 1 aliphatic heterocycles. The lowest BCUT2D eigenvalue weighted by atomic mass is 9.98. The van der Waals surface area contributed by atoms with E-state index in [1.165, 1.54) is 19.9 Å². The van der Waals surface area contributed by atoms with Crippen molar-refractivity contribution >= 4 is 52.1 Å². The molecule has 260 valence electrons. The van der Waals surface area contributed by atoms with E-state index in [1.807, 2.05) is 27.7 Å². The average Bonchev–Trinajstić information content (AvgIpc) is 2.99. The number of anilines is 2. The Balaban J connectivity index is 2.35. The maximum absolute atomic E-state index is 13.9. The summed E-state index contributed by atoms with van der Waals surface area (Å²) in [6.45, 7) is 15.4. The minimum Gasteiger partial charge on any atom is -0.464 e. The number of esters is 2. The van der Waals surface area contributed by atoms with Crippen LogP contribution in [-0.4, -0.2) is 59.9 Å². The van der Waals surface area contributed by atoms with Gasteiger partial charge in [-0.3, -0.25) is 19.2 Å². The van der Waals surface area contributed by atoms with Crippen molar-refractivity contribution in [2.75, 3.05) is 24.3 Å². The van der Waals surface area contributed by atoms with Crippen molar-refractivity contribution in [1.82, 2.24) is 15.6 Å². The number of ether oxygens (including phenoxy) is 2. The molecule has 5 N–H and O–H groups in total. The lowest BCUT2D eigenvalue weighted by molar-refractivity contribution is -0.146. The van der Waals surface area contributed by atoms with Crippen molar-refractivity contribution in [2.45, 2.75) is 87.2 Å². The Hall–Kier alpha value is -5.01. The number of amides is 3. The van der Waals surface area contributed by atoms with Crippen LogP contribution in [0.25, 0.3) is 22.6 Å². The number of fused-ring (bicyclic) bond motifs is 2. The third-order valence-electron chi connectivity index (χ3n) is 7.53. The van der Waals surface area contributed by atoms with Crippen molar-refractivity contribution in [1.29, 1.82) is 0 Å². The monoisotopic (exact) mass is 667 g/mol. The third kappa shape index (κ3) is 8.28. The molecule has 48 heavy (non-hydrogen) atoms. The van der Waals surface area contributed by atoms with Gasteiger partial charge in [-0.15, -0.1) is 0 Å². The molecule has 14 heteroatoms. The summed E-state index contributed by atoms with van der Waals surface area (Å²) in [7, 11) is 0. The van der Waals surface area contributed by atoms with E-state index in [9.17, 15) is 28.8 Å². The zero-order valence-corrected chi connectivity index (χ0v) is 28.9. The summed E-state index contributed by atoms with van der Waals surface area (Å²) in [6, 6.07) is -0.666. The van der Waals surface area contributed by atoms with Gasteiger partial charge in [0.1, 0.15) is 23.3 Å². The number of hydrogen-bond acceptors (Lipinski definition) is 11. The molecule has 14 nitrogen and oxygen atoms in total. The van der Waals surface area contributed by atoms with E-state index >= 15 is 0 Å². The number of nitrogens with two attached hydrogens (primary N) is 1. The van der Waals surface area contributed by atoms with Crippen LogP contribution in [0.2, 0.25) is 0 Å². The van der Waals surface area contributed by atoms with Crippen LogP contribution < -0.4 is 27.1 Å². The molecule has 1 heterocycles. The molecule has 1 aromatic carbocycles. The summed E-state index contributed by atoms with van der Waals surface area (Å²) in [5, 5.41) is 8.02. The molecule has 3 amide bonds. The highest BCUT2D eigenvalue weighted by molar-refractivity contribution is 6.11. The highest BCUT2D eigenvalue weighted by Crippen LogP contribution is 2.37. The van der Waals surface area contributed by atoms with E-state index < -0.39 is 52.9 Å². The maximum atomic E-state index is 13.9. The van der Waals surface area contributed by atoms with Crippen molar-refractivity contribution in [3.05, 3.63) is 38.5 Å². The molecule has 1 aliphatic carbocycles. The summed E-state index contributed by atoms with van der Waals surface area (Å²) in [4.78, 5) is 83.3. The van der Waals surface area contributed by atoms with E-state index in [4.69, 9.17) is 19.6 Å². The van der Waals surface area contributed by atoms with E-state index in [1.54, 1.807) is 20.8 Å². The highest BCUT2D eigenvalue weighted by Gasteiger charge is 2.33. The first-order valence-corrected chi connectivity index (χ1v) is 15.9. The van der Waals surface area contributed by atoms with Crippen LogP contribution in [0.5, 0.6) is 0 Å². The Morgan fingerprint density at radius 1 is 0.875 bits per heavy atom. The van der Waals surface area contributed by atoms with E-state index in [0.29, 0.717) is 5.56 Å². The number of hydrogen-bond donors (Lipinski definition) is 4. The molecule has 3 rings (SSSR count). The fourth-order valence-corrected chi connectivity index (χ4v) is 5.31. The molecule has 2 atom stereocenters. The maximum Gasteiger partial charge on any atom is 0.328 e. The van der Waals surface area contributed by atoms with Gasteiger partial charge < -0.3 is 35.6 Å². The molecule has 2 unspecified atom stereocenters. The summed E-state index contributed by atoms with van der Waals surface area (Å²) in [5.41, 5.74) is 5.21. The van der Waals surface area contributed by atoms with Gasteiger partial charge in [0.05, 0.1) is 30.0 Å². The zero-order valence-electron chi connectivity index (χ0n) is 28.9. The Labute approximate surface area is 278 Å². The molecular formula is C34H45N5O9. The Morgan fingerprint density at radius 3 is 1.88 bits per heavy atom. The smallest absolute Gasteiger partial charge is 0.328 e. The number of carbonyl (C=O) groups excluding carboxylic acids is 5. The molecule has 0 saturated carbocycles. The lowest BCUT2D eigenvalue weighted by Gasteiger charge is -2.22. The van der Waals surface area contributed by atoms with E-state index in [-0.39, 0.29) is 82.8 Å². The van der Waals surface area contributed by atoms with Gasteiger partial charge in [-0.1, -0.05) is 27.7 Å². The number of aryl methyl sites for hydroxylation is 1. The third-order valence-corrected chi connectivity index (χ3v) is 7.53. The van der Waals surface area contributed by atoms with Gasteiger partial charge in [-0.25, -0.2) is 14.6 Å². The number of carbonyl (C=O) groups is 5. The van der Waals surface area contributed by atoms with Crippen LogP contribution in [0, 0.1) is 25.7 Å². The SMILES string of the molecule is CCOC(=O)C(CC(C)C)NC(=O)c1c2nc3c(C(=O)NC(CC(C)C)C(=O)OCC)cc(NC(C)=O)c(C)c3oc-2c(C)c(=O)c1N. The van der Waals surface area contributed by atoms with Gasteiger partial charge >= 0.3 is 11.9 Å². The van der Waals surface area contributed by atoms with Gasteiger partial charge in [0.15, 0.2) is 11.3 Å². The predicted octanol–water partition coefficient (Wildman–Crippen LogP) is 3.87. The number of nitrogen functional groups attached to an aromatic ring is 1. The number of benzene rings is 2. The van der Waals surface area contributed by atoms with Crippen LogP contribution in [0.4, 0.5) is 11.4 Å². The number of nitrogens with zero attached hydrogens (tertiary/aromatic N) is 1. The van der Waals surface area contributed by atoms with Crippen LogP contribution in [0.1, 0.15) is 93.2 Å². The molecule has 0 radical (unpaired) electrons. The second kappa shape index (κ2) is 15.7. The molecule has 0 saturated heterocycles. The first kappa shape index (κ1) is 37.4. The summed E-state index contributed by atoms with van der Waals surface area (Å²) < 4.78 is 16.6. The molecule has 2 aliphatic rings. The largest absolute Gasteiger partial charge is 0.464 e. The van der Waals surface area contributed by atoms with Gasteiger partial charge in [-0.05, 0) is 58.4 Å². The van der Waals surface area contributed by atoms with Crippen LogP contribution in [0.15, 0.2) is 15.3 Å². The van der Waals surface area contributed by atoms with Gasteiger partial charge in [0.2, 0.25) is 11.3 Å². The summed E-state index contributed by atoms with van der Waals surface area (Å²) in [5.74, 6) is -3.37. The molecule has 0 bridgehead atoms. The van der Waals surface area contributed by atoms with Crippen LogP contribution in [0.3, 0.4) is 0 Å². The predicted molar refractivity (Wildman–Crippen MR) is 180 cm³/mol. The second-order valence-corrected chi connectivity index (χ2v) is 12.4. The minimum atomic E-state index is -1.05. The molecule has 0 fully saturated rings. The van der Waals surface area contributed by atoms with Crippen molar-refractivity contribution in [3.8, 4) is 11.5 Å². The van der Waals surface area contributed by atoms with Crippen molar-refractivity contribution in [2.24, 2.45) is 11.8 Å². The highest BCUT2D eigenvalue weighted by atomic mass is 16.5. The summed E-state index contributed by atoms with van der Waals surface area (Å²) >= 11 is 0. The molecule has 1 aromatic rings.